The number of benzene rings is 1. The van der Waals surface area contributed by atoms with E-state index >= 15 is 0 Å². The molecule has 2 nitrogen and oxygen atoms in total. The minimum Gasteiger partial charge on any atom is -0.385 e. The Kier molecular flexibility index (Phi) is 5.36. The van der Waals surface area contributed by atoms with Gasteiger partial charge in [-0.1, -0.05) is 43.2 Å². The lowest BCUT2D eigenvalue weighted by Gasteiger charge is -2.25. The highest BCUT2D eigenvalue weighted by atomic mass is 16.3. The predicted octanol–water partition coefficient (Wildman–Crippen LogP) is 3.15. The van der Waals surface area contributed by atoms with Gasteiger partial charge in [0.15, 0.2) is 0 Å². The summed E-state index contributed by atoms with van der Waals surface area (Å²) in [5.41, 5.74) is 2.69. The third-order valence-electron chi connectivity index (χ3n) is 3.18. The van der Waals surface area contributed by atoms with Crippen LogP contribution in [0.1, 0.15) is 43.9 Å². The normalized spacial score (nSPS) is 14.8. The topological polar surface area (TPSA) is 32.3 Å². The minimum atomic E-state index is -0.749. The van der Waals surface area contributed by atoms with Gasteiger partial charge in [0.2, 0.25) is 0 Å². The Morgan fingerprint density at radius 2 is 1.72 bits per heavy atom. The summed E-state index contributed by atoms with van der Waals surface area (Å²) in [4.78, 5) is 0. The zero-order valence-electron chi connectivity index (χ0n) is 12.4. The first-order valence-corrected chi connectivity index (χ1v) is 6.83. The molecule has 1 atom stereocenters. The van der Waals surface area contributed by atoms with Gasteiger partial charge < -0.3 is 10.4 Å². The fourth-order valence-corrected chi connectivity index (χ4v) is 2.15. The molecule has 2 N–H and O–H groups in total. The molecule has 1 rings (SSSR count). The summed E-state index contributed by atoms with van der Waals surface area (Å²) in [5.74, 6) is 0.649. The Balaban J connectivity index is 2.61. The number of aryl methyl sites for hydroxylation is 2. The molecule has 0 bridgehead atoms. The van der Waals surface area contributed by atoms with Crippen molar-refractivity contribution in [2.24, 2.45) is 5.92 Å². The molecular weight excluding hydrogens is 222 g/mol. The molecule has 0 aliphatic carbocycles. The van der Waals surface area contributed by atoms with Crippen LogP contribution in [0.5, 0.6) is 0 Å². The first kappa shape index (κ1) is 15.2. The molecule has 2 heteroatoms. The van der Waals surface area contributed by atoms with Gasteiger partial charge in [0.1, 0.15) is 0 Å². The Bertz CT molecular complexity index is 362. The maximum absolute atomic E-state index is 10.6. The summed E-state index contributed by atoms with van der Waals surface area (Å²) in [6.07, 6.45) is 0.739. The summed E-state index contributed by atoms with van der Waals surface area (Å²) < 4.78 is 0. The van der Waals surface area contributed by atoms with Crippen molar-refractivity contribution < 1.29 is 5.11 Å². The molecular formula is C16H27NO. The first-order valence-electron chi connectivity index (χ1n) is 6.83. The standard InChI is InChI=1S/C16H27NO/c1-12(2)11-17-7-6-16(5,18)15-9-13(3)8-14(4)10-15/h8-10,12,17-18H,6-7,11H2,1-5H3. The molecule has 18 heavy (non-hydrogen) atoms. The summed E-state index contributed by atoms with van der Waals surface area (Å²) >= 11 is 0. The molecule has 0 radical (unpaired) electrons. The van der Waals surface area contributed by atoms with E-state index in [4.69, 9.17) is 0 Å². The van der Waals surface area contributed by atoms with Gasteiger partial charge in [-0.2, -0.15) is 0 Å². The van der Waals surface area contributed by atoms with Crippen molar-refractivity contribution in [2.75, 3.05) is 13.1 Å². The van der Waals surface area contributed by atoms with E-state index < -0.39 is 5.60 Å². The van der Waals surface area contributed by atoms with Crippen molar-refractivity contribution >= 4 is 0 Å². The lowest BCUT2D eigenvalue weighted by Crippen LogP contribution is -2.29. The fourth-order valence-electron chi connectivity index (χ4n) is 2.15. The van der Waals surface area contributed by atoms with Gasteiger partial charge >= 0.3 is 0 Å². The second-order valence-corrected chi connectivity index (χ2v) is 6.00. The van der Waals surface area contributed by atoms with Crippen LogP contribution in [0.3, 0.4) is 0 Å². The van der Waals surface area contributed by atoms with Gasteiger partial charge in [-0.05, 0) is 51.8 Å². The van der Waals surface area contributed by atoms with Crippen molar-refractivity contribution in [2.45, 2.75) is 46.6 Å². The molecule has 0 aliphatic rings. The maximum Gasteiger partial charge on any atom is 0.0880 e. The molecule has 0 heterocycles. The average molecular weight is 249 g/mol. The maximum atomic E-state index is 10.6. The fraction of sp³-hybridized carbons (Fsp3) is 0.625. The Hall–Kier alpha value is -0.860. The molecule has 0 aliphatic heterocycles. The number of nitrogens with one attached hydrogen (secondary N) is 1. The largest absolute Gasteiger partial charge is 0.385 e. The number of rotatable bonds is 6. The van der Waals surface area contributed by atoms with Gasteiger partial charge in [-0.25, -0.2) is 0 Å². The summed E-state index contributed by atoms with van der Waals surface area (Å²) in [6.45, 7) is 12.3. The van der Waals surface area contributed by atoms with Gasteiger partial charge in [-0.3, -0.25) is 0 Å². The van der Waals surface area contributed by atoms with Crippen LogP contribution in [0, 0.1) is 19.8 Å². The lowest BCUT2D eigenvalue weighted by atomic mass is 9.90. The second kappa shape index (κ2) is 6.35. The molecule has 0 amide bonds. The number of aliphatic hydroxyl groups is 1. The Morgan fingerprint density at radius 3 is 2.22 bits per heavy atom. The molecule has 0 saturated carbocycles. The molecule has 0 saturated heterocycles. The quantitative estimate of drug-likeness (QED) is 0.759. The molecule has 1 aromatic rings. The highest BCUT2D eigenvalue weighted by molar-refractivity contribution is 5.32. The first-order chi connectivity index (χ1) is 8.31. The van der Waals surface area contributed by atoms with Gasteiger partial charge in [0, 0.05) is 0 Å². The monoisotopic (exact) mass is 249 g/mol. The van der Waals surface area contributed by atoms with Crippen LogP contribution in [0.15, 0.2) is 18.2 Å². The van der Waals surface area contributed by atoms with E-state index in [0.717, 1.165) is 25.1 Å². The smallest absolute Gasteiger partial charge is 0.0880 e. The summed E-state index contributed by atoms with van der Waals surface area (Å²) in [7, 11) is 0. The molecule has 1 unspecified atom stereocenters. The van der Waals surface area contributed by atoms with Crippen molar-refractivity contribution in [3.63, 3.8) is 0 Å². The zero-order chi connectivity index (χ0) is 13.8. The van der Waals surface area contributed by atoms with Crippen LogP contribution < -0.4 is 5.32 Å². The Morgan fingerprint density at radius 1 is 1.17 bits per heavy atom. The van der Waals surface area contributed by atoms with E-state index in [2.05, 4.69) is 51.2 Å². The van der Waals surface area contributed by atoms with Crippen LogP contribution in [0.4, 0.5) is 0 Å². The molecule has 0 spiro atoms. The molecule has 0 fully saturated rings. The minimum absolute atomic E-state index is 0.649. The molecule has 102 valence electrons. The van der Waals surface area contributed by atoms with E-state index in [1.54, 1.807) is 0 Å². The lowest BCUT2D eigenvalue weighted by molar-refractivity contribution is 0.0477. The summed E-state index contributed by atoms with van der Waals surface area (Å²) in [5, 5.41) is 13.9. The molecule has 0 aromatic heterocycles. The van der Waals surface area contributed by atoms with Gasteiger partial charge in [0.05, 0.1) is 5.60 Å². The van der Waals surface area contributed by atoms with Crippen molar-refractivity contribution in [3.8, 4) is 0 Å². The van der Waals surface area contributed by atoms with Crippen LogP contribution in [-0.2, 0) is 5.60 Å². The third kappa shape index (κ3) is 4.79. The highest BCUT2D eigenvalue weighted by Gasteiger charge is 2.22. The van der Waals surface area contributed by atoms with Crippen LogP contribution in [-0.4, -0.2) is 18.2 Å². The van der Waals surface area contributed by atoms with E-state index in [1.165, 1.54) is 11.1 Å². The van der Waals surface area contributed by atoms with E-state index in [9.17, 15) is 5.11 Å². The van der Waals surface area contributed by atoms with E-state index in [-0.39, 0.29) is 0 Å². The number of hydrogen-bond acceptors (Lipinski definition) is 2. The van der Waals surface area contributed by atoms with Crippen LogP contribution >= 0.6 is 0 Å². The van der Waals surface area contributed by atoms with Crippen molar-refractivity contribution in [3.05, 3.63) is 34.9 Å². The predicted molar refractivity (Wildman–Crippen MR) is 77.8 cm³/mol. The number of hydrogen-bond donors (Lipinski definition) is 2. The van der Waals surface area contributed by atoms with E-state index in [1.807, 2.05) is 6.92 Å². The zero-order valence-corrected chi connectivity index (χ0v) is 12.4. The van der Waals surface area contributed by atoms with Crippen molar-refractivity contribution in [1.82, 2.24) is 5.32 Å². The van der Waals surface area contributed by atoms with Crippen molar-refractivity contribution in [1.29, 1.82) is 0 Å². The van der Waals surface area contributed by atoms with Gasteiger partial charge in [0.25, 0.3) is 0 Å². The van der Waals surface area contributed by atoms with Crippen LogP contribution in [0.2, 0.25) is 0 Å². The summed E-state index contributed by atoms with van der Waals surface area (Å²) in [6, 6.07) is 6.29. The Labute approximate surface area is 111 Å². The SMILES string of the molecule is Cc1cc(C)cc(C(C)(O)CCNCC(C)C)c1. The highest BCUT2D eigenvalue weighted by Crippen LogP contribution is 2.25. The average Bonchev–Trinajstić information content (AvgIpc) is 2.23. The third-order valence-corrected chi connectivity index (χ3v) is 3.18. The van der Waals surface area contributed by atoms with E-state index in [0.29, 0.717) is 5.92 Å². The second-order valence-electron chi connectivity index (χ2n) is 6.00. The van der Waals surface area contributed by atoms with Crippen LogP contribution in [0.25, 0.3) is 0 Å². The van der Waals surface area contributed by atoms with Gasteiger partial charge in [-0.15, -0.1) is 0 Å². The molecule has 1 aromatic carbocycles.